The number of carboxylic acid groups (broad SMARTS) is 1. The quantitative estimate of drug-likeness (QED) is 0.470. The molecule has 3 aromatic rings. The third-order valence-electron chi connectivity index (χ3n) is 4.79. The highest BCUT2D eigenvalue weighted by Crippen LogP contribution is 2.27. The molecule has 0 amide bonds. The van der Waals surface area contributed by atoms with Crippen molar-refractivity contribution in [3.05, 3.63) is 81.9 Å². The zero-order valence-electron chi connectivity index (χ0n) is 17.2. The minimum Gasteiger partial charge on any atom is -0.489 e. The number of methoxy groups -OCH3 is 1. The van der Waals surface area contributed by atoms with Crippen LogP contribution in [0.1, 0.15) is 52.3 Å². The van der Waals surface area contributed by atoms with E-state index in [1.54, 1.807) is 42.6 Å². The number of aromatic amines is 1. The SMILES string of the molecule is CCCc1ncc(C(C(=O)OC)c2ccc(OCc3ccc(Cl)cc3C(=O)O)cc2)[nH]1. The Morgan fingerprint density at radius 1 is 1.19 bits per heavy atom. The molecule has 0 aliphatic heterocycles. The van der Waals surface area contributed by atoms with Gasteiger partial charge in [-0.1, -0.05) is 36.7 Å². The van der Waals surface area contributed by atoms with Gasteiger partial charge in [-0.25, -0.2) is 9.78 Å². The monoisotopic (exact) mass is 442 g/mol. The summed E-state index contributed by atoms with van der Waals surface area (Å²) in [4.78, 5) is 31.4. The topological polar surface area (TPSA) is 102 Å². The number of hydrogen-bond acceptors (Lipinski definition) is 5. The number of aromatic carboxylic acids is 1. The first-order chi connectivity index (χ1) is 14.9. The largest absolute Gasteiger partial charge is 0.489 e. The normalized spacial score (nSPS) is 11.7. The van der Waals surface area contributed by atoms with Crippen LogP contribution >= 0.6 is 11.6 Å². The molecule has 2 aromatic carbocycles. The van der Waals surface area contributed by atoms with Crippen LogP contribution in [0.15, 0.2) is 48.7 Å². The number of aromatic nitrogens is 2. The second kappa shape index (κ2) is 10.1. The number of carbonyl (C=O) groups is 2. The number of H-pyrrole nitrogens is 1. The Kier molecular flexibility index (Phi) is 7.31. The Labute approximate surface area is 185 Å². The van der Waals surface area contributed by atoms with E-state index in [1.807, 2.05) is 0 Å². The van der Waals surface area contributed by atoms with Crippen molar-refractivity contribution in [2.45, 2.75) is 32.3 Å². The molecule has 0 saturated heterocycles. The molecule has 31 heavy (non-hydrogen) atoms. The standard InChI is InChI=1S/C23H23ClN2O5/c1-3-4-20-25-12-19(26-20)21(23(29)30-2)14-6-9-17(10-7-14)31-13-15-5-8-16(24)11-18(15)22(27)28/h5-12,21H,3-4,13H2,1-2H3,(H,25,26)(H,27,28). The van der Waals surface area contributed by atoms with Crippen LogP contribution in [0.2, 0.25) is 5.02 Å². The van der Waals surface area contributed by atoms with E-state index in [0.717, 1.165) is 24.2 Å². The number of carbonyl (C=O) groups excluding carboxylic acids is 1. The van der Waals surface area contributed by atoms with E-state index in [4.69, 9.17) is 21.1 Å². The van der Waals surface area contributed by atoms with Gasteiger partial charge in [-0.05, 0) is 36.2 Å². The molecule has 8 heteroatoms. The van der Waals surface area contributed by atoms with Crippen molar-refractivity contribution in [2.75, 3.05) is 7.11 Å². The molecule has 0 aliphatic carbocycles. The molecule has 0 aliphatic rings. The Morgan fingerprint density at radius 3 is 2.58 bits per heavy atom. The molecular formula is C23H23ClN2O5. The van der Waals surface area contributed by atoms with Crippen molar-refractivity contribution >= 4 is 23.5 Å². The Morgan fingerprint density at radius 2 is 1.94 bits per heavy atom. The highest BCUT2D eigenvalue weighted by atomic mass is 35.5. The molecule has 0 fully saturated rings. The number of hydrogen-bond donors (Lipinski definition) is 2. The number of ether oxygens (including phenoxy) is 2. The fourth-order valence-electron chi connectivity index (χ4n) is 3.24. The second-order valence-electron chi connectivity index (χ2n) is 6.96. The van der Waals surface area contributed by atoms with Crippen molar-refractivity contribution in [1.82, 2.24) is 9.97 Å². The van der Waals surface area contributed by atoms with Crippen LogP contribution in [-0.4, -0.2) is 34.1 Å². The van der Waals surface area contributed by atoms with Gasteiger partial charge in [-0.2, -0.15) is 0 Å². The summed E-state index contributed by atoms with van der Waals surface area (Å²) in [5.74, 6) is -0.738. The van der Waals surface area contributed by atoms with Crippen molar-refractivity contribution < 1.29 is 24.2 Å². The van der Waals surface area contributed by atoms with Crippen LogP contribution in [-0.2, 0) is 22.6 Å². The maximum atomic E-state index is 12.4. The summed E-state index contributed by atoms with van der Waals surface area (Å²) in [7, 11) is 1.35. The molecule has 2 N–H and O–H groups in total. The lowest BCUT2D eigenvalue weighted by Gasteiger charge is -2.15. The lowest BCUT2D eigenvalue weighted by atomic mass is 9.96. The molecule has 0 bridgehead atoms. The summed E-state index contributed by atoms with van der Waals surface area (Å²) in [5, 5.41) is 9.69. The molecule has 1 heterocycles. The summed E-state index contributed by atoms with van der Waals surface area (Å²) < 4.78 is 10.7. The maximum absolute atomic E-state index is 12.4. The molecule has 1 aromatic heterocycles. The van der Waals surface area contributed by atoms with Crippen molar-refractivity contribution in [1.29, 1.82) is 0 Å². The predicted octanol–water partition coefficient (Wildman–Crippen LogP) is 4.60. The first kappa shape index (κ1) is 22.4. The van der Waals surface area contributed by atoms with Gasteiger partial charge in [0.25, 0.3) is 0 Å². The summed E-state index contributed by atoms with van der Waals surface area (Å²) in [5.41, 5.74) is 1.99. The van der Waals surface area contributed by atoms with Crippen LogP contribution in [0, 0.1) is 0 Å². The summed E-state index contributed by atoms with van der Waals surface area (Å²) >= 11 is 5.88. The van der Waals surface area contributed by atoms with E-state index >= 15 is 0 Å². The molecule has 0 spiro atoms. The summed E-state index contributed by atoms with van der Waals surface area (Å²) in [6.45, 7) is 2.13. The van der Waals surface area contributed by atoms with E-state index in [0.29, 0.717) is 22.0 Å². The maximum Gasteiger partial charge on any atom is 0.336 e. The zero-order chi connectivity index (χ0) is 22.4. The van der Waals surface area contributed by atoms with E-state index in [2.05, 4.69) is 16.9 Å². The molecule has 1 atom stereocenters. The van der Waals surface area contributed by atoms with Gasteiger partial charge in [0.1, 0.15) is 24.1 Å². The molecule has 7 nitrogen and oxygen atoms in total. The fourth-order valence-corrected chi connectivity index (χ4v) is 3.41. The van der Waals surface area contributed by atoms with Crippen molar-refractivity contribution in [3.63, 3.8) is 0 Å². The number of esters is 1. The molecule has 0 saturated carbocycles. The molecular weight excluding hydrogens is 420 g/mol. The average Bonchev–Trinajstić information content (AvgIpc) is 3.22. The molecule has 0 radical (unpaired) electrons. The number of aryl methyl sites for hydroxylation is 1. The van der Waals surface area contributed by atoms with Crippen molar-refractivity contribution in [3.8, 4) is 5.75 Å². The number of benzene rings is 2. The number of nitrogens with one attached hydrogen (secondary N) is 1. The number of nitrogens with zero attached hydrogens (tertiary/aromatic N) is 1. The number of halogens is 1. The highest BCUT2D eigenvalue weighted by molar-refractivity contribution is 6.30. The molecule has 1 unspecified atom stereocenters. The van der Waals surface area contributed by atoms with Crippen LogP contribution in [0.3, 0.4) is 0 Å². The third-order valence-corrected chi connectivity index (χ3v) is 5.03. The van der Waals surface area contributed by atoms with E-state index in [1.165, 1.54) is 13.2 Å². The Hall–Kier alpha value is -3.32. The minimum atomic E-state index is -1.07. The van der Waals surface area contributed by atoms with Crippen LogP contribution in [0.4, 0.5) is 0 Å². The van der Waals surface area contributed by atoms with E-state index in [9.17, 15) is 14.7 Å². The van der Waals surface area contributed by atoms with Gasteiger partial charge in [-0.3, -0.25) is 4.79 Å². The second-order valence-corrected chi connectivity index (χ2v) is 7.39. The van der Waals surface area contributed by atoms with Gasteiger partial charge in [0.15, 0.2) is 0 Å². The van der Waals surface area contributed by atoms with Gasteiger partial charge >= 0.3 is 11.9 Å². The molecule has 162 valence electrons. The first-order valence-electron chi connectivity index (χ1n) is 9.79. The van der Waals surface area contributed by atoms with Gasteiger partial charge < -0.3 is 19.6 Å². The number of carboxylic acids is 1. The lowest BCUT2D eigenvalue weighted by Crippen LogP contribution is -2.16. The summed E-state index contributed by atoms with van der Waals surface area (Å²) in [6, 6.07) is 11.6. The Balaban J connectivity index is 1.77. The Bertz CT molecular complexity index is 1060. The number of rotatable bonds is 9. The first-order valence-corrected chi connectivity index (χ1v) is 10.2. The van der Waals surface area contributed by atoms with Crippen molar-refractivity contribution in [2.24, 2.45) is 0 Å². The van der Waals surface area contributed by atoms with Gasteiger partial charge in [0, 0.05) is 23.2 Å². The zero-order valence-corrected chi connectivity index (χ0v) is 18.0. The van der Waals surface area contributed by atoms with Crippen LogP contribution < -0.4 is 4.74 Å². The third kappa shape index (κ3) is 5.44. The minimum absolute atomic E-state index is 0.0690. The van der Waals surface area contributed by atoms with Gasteiger partial charge in [0.2, 0.25) is 0 Å². The van der Waals surface area contributed by atoms with E-state index in [-0.39, 0.29) is 12.2 Å². The predicted molar refractivity (Wildman–Crippen MR) is 116 cm³/mol. The number of imidazole rings is 1. The van der Waals surface area contributed by atoms with Gasteiger partial charge in [-0.15, -0.1) is 0 Å². The van der Waals surface area contributed by atoms with Gasteiger partial charge in [0.05, 0.1) is 18.4 Å². The van der Waals surface area contributed by atoms with Crippen LogP contribution in [0.5, 0.6) is 5.75 Å². The highest BCUT2D eigenvalue weighted by Gasteiger charge is 2.25. The smallest absolute Gasteiger partial charge is 0.336 e. The van der Waals surface area contributed by atoms with E-state index < -0.39 is 17.9 Å². The molecule has 3 rings (SSSR count). The van der Waals surface area contributed by atoms with Crippen LogP contribution in [0.25, 0.3) is 0 Å². The lowest BCUT2D eigenvalue weighted by molar-refractivity contribution is -0.141. The fraction of sp³-hybridized carbons (Fsp3) is 0.261. The average molecular weight is 443 g/mol. The summed E-state index contributed by atoms with van der Waals surface area (Å²) in [6.07, 6.45) is 3.40.